The molecule has 0 aromatic rings. The van der Waals surface area contributed by atoms with E-state index in [0.29, 0.717) is 0 Å². The van der Waals surface area contributed by atoms with Crippen molar-refractivity contribution in [3.05, 3.63) is 0 Å². The molecule has 0 heterocycles. The van der Waals surface area contributed by atoms with Gasteiger partial charge in [0.2, 0.25) is 0 Å². The van der Waals surface area contributed by atoms with Crippen molar-refractivity contribution < 1.29 is 25.8 Å². The van der Waals surface area contributed by atoms with Crippen LogP contribution in [-0.2, 0) is 16.5 Å². The predicted molar refractivity (Wildman–Crippen MR) is 11.7 cm³/mol. The molecule has 0 radical (unpaired) electrons. The Morgan fingerprint density at radius 3 is 0.800 bits per heavy atom. The molecule has 0 saturated carbocycles. The maximum Gasteiger partial charge on any atom is 2.00 e. The third kappa shape index (κ3) is 45.3. The second-order valence-corrected chi connectivity index (χ2v) is 0. The van der Waals surface area contributed by atoms with Crippen LogP contribution in [0.3, 0.4) is 0 Å². The molecule has 0 rings (SSSR count). The summed E-state index contributed by atoms with van der Waals surface area (Å²) in [4.78, 5) is 0. The molecule has 0 amide bonds. The monoisotopic (exact) mass is 160 g/mol. The molecule has 0 aromatic carbocycles. The van der Waals surface area contributed by atoms with E-state index in [1.54, 1.807) is 0 Å². The van der Waals surface area contributed by atoms with E-state index >= 15 is 0 Å². The zero-order valence-corrected chi connectivity index (χ0v) is 4.39. The summed E-state index contributed by atoms with van der Waals surface area (Å²) >= 11 is 6.78. The Bertz CT molecular complexity index is 7.61. The fourth-order valence-corrected chi connectivity index (χ4v) is 0. The van der Waals surface area contributed by atoms with Gasteiger partial charge in [0.1, 0.15) is 0 Å². The summed E-state index contributed by atoms with van der Waals surface area (Å²) < 4.78 is 15.4. The smallest absolute Gasteiger partial charge is 0.769 e. The van der Waals surface area contributed by atoms with Crippen LogP contribution in [0.5, 0.6) is 0 Å². The molecule has 0 bridgehead atoms. The zero-order chi connectivity index (χ0) is 4.00. The van der Waals surface area contributed by atoms with Crippen LogP contribution < -0.4 is 9.32 Å². The van der Waals surface area contributed by atoms with E-state index in [2.05, 4.69) is 23.7 Å². The first-order valence-electron chi connectivity index (χ1n) is 0.309. The van der Waals surface area contributed by atoms with Crippen molar-refractivity contribution in [2.45, 2.75) is 0 Å². The summed E-state index contributed by atoms with van der Waals surface area (Å²) in [6.45, 7) is 0. The molecule has 36 valence electrons. The van der Waals surface area contributed by atoms with Crippen molar-refractivity contribution in [1.82, 2.24) is 0 Å². The molecule has 0 aliphatic rings. The van der Waals surface area contributed by atoms with Gasteiger partial charge in [0, 0.05) is 0 Å². The number of hydrogen-bond acceptors (Lipinski definition) is 2. The largest absolute Gasteiger partial charge is 2.00 e. The fraction of sp³-hybridized carbons (Fsp3) is 0. The fourth-order valence-electron chi connectivity index (χ4n) is 0. The molecule has 0 fully saturated rings. The summed E-state index contributed by atoms with van der Waals surface area (Å²) in [6, 6.07) is 0. The maximum atomic E-state index is 7.72. The average Bonchev–Trinajstić information content (AvgIpc) is 1.50. The molecule has 0 saturated heterocycles. The van der Waals surface area contributed by atoms with Gasteiger partial charge in [-0.15, -0.1) is 0 Å². The molecule has 0 aliphatic heterocycles. The van der Waals surface area contributed by atoms with Gasteiger partial charge >= 0.3 is 16.5 Å². The van der Waals surface area contributed by atoms with Crippen LogP contribution in [0.25, 0.3) is 0 Å². The summed E-state index contributed by atoms with van der Waals surface area (Å²) in [5, 5.41) is 0. The van der Waals surface area contributed by atoms with Gasteiger partial charge in [-0.1, -0.05) is 0 Å². The minimum Gasteiger partial charge on any atom is -0.769 e. The van der Waals surface area contributed by atoms with E-state index in [4.69, 9.17) is 9.32 Å². The Balaban J connectivity index is -0.0000000133. The summed E-state index contributed by atoms with van der Waals surface area (Å²) in [5.41, 5.74) is 0. The topological polar surface area (TPSA) is 46.1 Å². The van der Waals surface area contributed by atoms with Crippen LogP contribution in [0.2, 0.25) is 0 Å². The van der Waals surface area contributed by atoms with Crippen LogP contribution in [-0.4, -0.2) is 0 Å². The molecule has 0 aliphatic carbocycles. The van der Waals surface area contributed by atoms with Crippen molar-refractivity contribution >= 4 is 23.7 Å². The standard InChI is InChI=1S/2ClO.Ni/c2*1-2;/q2*-1;+2. The first-order chi connectivity index (χ1) is 2.00. The Kier molecular flexibility index (Phi) is 269. The first kappa shape index (κ1) is 16.7. The maximum absolute atomic E-state index is 7.72. The van der Waals surface area contributed by atoms with Gasteiger partial charge < -0.3 is 9.32 Å². The van der Waals surface area contributed by atoms with Crippen LogP contribution in [0, 0.1) is 0 Å². The minimum absolute atomic E-state index is 0. The van der Waals surface area contributed by atoms with E-state index in [1.807, 2.05) is 0 Å². The van der Waals surface area contributed by atoms with Gasteiger partial charge in [-0.2, -0.15) is 0 Å². The number of halogens is 2. The van der Waals surface area contributed by atoms with Crippen LogP contribution in [0.1, 0.15) is 0 Å². The average molecular weight is 162 g/mol. The van der Waals surface area contributed by atoms with Crippen molar-refractivity contribution in [3.8, 4) is 0 Å². The van der Waals surface area contributed by atoms with Gasteiger partial charge in [-0.3, -0.25) is 0 Å². The summed E-state index contributed by atoms with van der Waals surface area (Å²) in [5.74, 6) is 0. The molecule has 0 unspecified atom stereocenters. The van der Waals surface area contributed by atoms with E-state index < -0.39 is 0 Å². The van der Waals surface area contributed by atoms with Crippen LogP contribution in [0.4, 0.5) is 0 Å². The number of rotatable bonds is 0. The second-order valence-electron chi connectivity index (χ2n) is 0. The molecule has 2 nitrogen and oxygen atoms in total. The van der Waals surface area contributed by atoms with E-state index in [1.165, 1.54) is 0 Å². The Morgan fingerprint density at radius 1 is 0.800 bits per heavy atom. The van der Waals surface area contributed by atoms with Crippen molar-refractivity contribution in [1.29, 1.82) is 0 Å². The molecule has 0 aromatic heterocycles. The predicted octanol–water partition coefficient (Wildman–Crippen LogP) is -1.00. The zero-order valence-electron chi connectivity index (χ0n) is 1.89. The van der Waals surface area contributed by atoms with E-state index in [9.17, 15) is 0 Å². The third-order valence-electron chi connectivity index (χ3n) is 0. The molecule has 5 heavy (non-hydrogen) atoms. The van der Waals surface area contributed by atoms with E-state index in [-0.39, 0.29) is 16.5 Å². The van der Waals surface area contributed by atoms with Crippen molar-refractivity contribution in [3.63, 3.8) is 0 Å². The molecular formula is Cl2NiO2. The second kappa shape index (κ2) is 80.7. The van der Waals surface area contributed by atoms with Gasteiger partial charge in [0.05, 0.1) is 0 Å². The van der Waals surface area contributed by atoms with Crippen LogP contribution >= 0.6 is 23.7 Å². The molecule has 0 N–H and O–H groups in total. The van der Waals surface area contributed by atoms with Crippen molar-refractivity contribution in [2.24, 2.45) is 0 Å². The van der Waals surface area contributed by atoms with Gasteiger partial charge in [0.15, 0.2) is 0 Å². The summed E-state index contributed by atoms with van der Waals surface area (Å²) in [6.07, 6.45) is 0. The van der Waals surface area contributed by atoms with Crippen molar-refractivity contribution in [2.75, 3.05) is 0 Å². The van der Waals surface area contributed by atoms with Gasteiger partial charge in [-0.05, 0) is 0 Å². The van der Waals surface area contributed by atoms with Gasteiger partial charge in [0.25, 0.3) is 0 Å². The summed E-state index contributed by atoms with van der Waals surface area (Å²) in [7, 11) is 0. The SMILES string of the molecule is [Ni+2].[O-]Cl.[O-]Cl. The van der Waals surface area contributed by atoms with Crippen LogP contribution in [0.15, 0.2) is 0 Å². The normalized spacial score (nSPS) is 2.40. The molecule has 5 heteroatoms. The number of hydrogen-bond donors (Lipinski definition) is 0. The minimum atomic E-state index is 0. The Hall–Kier alpha value is 0.994. The Labute approximate surface area is 50.0 Å². The third-order valence-corrected chi connectivity index (χ3v) is 0. The molecular weight excluding hydrogens is 162 g/mol. The molecule has 0 spiro atoms. The Morgan fingerprint density at radius 2 is 0.800 bits per heavy atom. The van der Waals surface area contributed by atoms with E-state index in [0.717, 1.165) is 0 Å². The molecule has 0 atom stereocenters. The quantitative estimate of drug-likeness (QED) is 0.428. The first-order valence-corrected chi connectivity index (χ1v) is 0.926. The van der Waals surface area contributed by atoms with Gasteiger partial charge in [-0.25, -0.2) is 23.7 Å².